The molecule has 3 N–H and O–H groups in total. The van der Waals surface area contributed by atoms with Crippen molar-refractivity contribution in [3.63, 3.8) is 0 Å². The molecule has 0 aromatic carbocycles. The Morgan fingerprint density at radius 1 is 1.29 bits per heavy atom. The number of rotatable bonds is 6. The van der Waals surface area contributed by atoms with Gasteiger partial charge in [0.25, 0.3) is 5.91 Å². The van der Waals surface area contributed by atoms with Gasteiger partial charge in [-0.1, -0.05) is 25.8 Å². The molecule has 0 aliphatic rings. The van der Waals surface area contributed by atoms with Crippen molar-refractivity contribution in [2.45, 2.75) is 26.2 Å². The fraction of sp³-hybridized carbons (Fsp3) is 0.333. The van der Waals surface area contributed by atoms with Gasteiger partial charge in [0.1, 0.15) is 11.5 Å². The highest BCUT2D eigenvalue weighted by molar-refractivity contribution is 5.98. The molecule has 2 aromatic heterocycles. The number of nitrogens with zero attached hydrogens (tertiary/aromatic N) is 3. The van der Waals surface area contributed by atoms with Crippen LogP contribution in [0.5, 0.6) is 0 Å². The second kappa shape index (κ2) is 7.33. The zero-order valence-electron chi connectivity index (χ0n) is 12.0. The summed E-state index contributed by atoms with van der Waals surface area (Å²) in [5.74, 6) is 0.338. The lowest BCUT2D eigenvalue weighted by Crippen LogP contribution is -2.26. The highest BCUT2D eigenvalue weighted by Crippen LogP contribution is 2.15. The molecule has 2 rings (SSSR count). The van der Waals surface area contributed by atoms with E-state index in [9.17, 15) is 4.79 Å². The third-order valence-corrected chi connectivity index (χ3v) is 3.02. The van der Waals surface area contributed by atoms with E-state index in [1.54, 1.807) is 12.3 Å². The molecule has 21 heavy (non-hydrogen) atoms. The molecular formula is C15H19N5O. The van der Waals surface area contributed by atoms with Gasteiger partial charge in [-0.3, -0.25) is 9.78 Å². The van der Waals surface area contributed by atoms with Crippen molar-refractivity contribution in [1.82, 2.24) is 20.3 Å². The number of unbranched alkanes of at least 4 members (excludes halogenated alkanes) is 2. The van der Waals surface area contributed by atoms with Crippen molar-refractivity contribution in [2.24, 2.45) is 0 Å². The molecule has 0 fully saturated rings. The van der Waals surface area contributed by atoms with E-state index in [-0.39, 0.29) is 11.7 Å². The molecule has 0 bridgehead atoms. The number of pyridine rings is 1. The van der Waals surface area contributed by atoms with E-state index in [2.05, 4.69) is 27.2 Å². The second-order valence-corrected chi connectivity index (χ2v) is 4.67. The summed E-state index contributed by atoms with van der Waals surface area (Å²) in [5, 5.41) is 2.82. The number of carbonyl (C=O) groups is 1. The second-order valence-electron chi connectivity index (χ2n) is 4.67. The molecule has 1 amide bonds. The summed E-state index contributed by atoms with van der Waals surface area (Å²) in [7, 11) is 0. The lowest BCUT2D eigenvalue weighted by molar-refractivity contribution is 0.0953. The lowest BCUT2D eigenvalue weighted by atomic mass is 10.2. The Labute approximate surface area is 123 Å². The monoisotopic (exact) mass is 285 g/mol. The summed E-state index contributed by atoms with van der Waals surface area (Å²) in [4.78, 5) is 24.5. The Kier molecular flexibility index (Phi) is 5.20. The van der Waals surface area contributed by atoms with Crippen LogP contribution in [0, 0.1) is 0 Å². The van der Waals surface area contributed by atoms with Crippen molar-refractivity contribution in [3.05, 3.63) is 36.2 Å². The first-order chi connectivity index (χ1) is 10.2. The summed E-state index contributed by atoms with van der Waals surface area (Å²) in [6, 6.07) is 5.44. The van der Waals surface area contributed by atoms with Crippen molar-refractivity contribution >= 4 is 11.7 Å². The molecular weight excluding hydrogens is 266 g/mol. The quantitative estimate of drug-likeness (QED) is 0.792. The molecule has 2 aromatic rings. The Morgan fingerprint density at radius 3 is 2.81 bits per heavy atom. The molecule has 110 valence electrons. The first-order valence-corrected chi connectivity index (χ1v) is 7.04. The van der Waals surface area contributed by atoms with Gasteiger partial charge in [0.15, 0.2) is 5.82 Å². The van der Waals surface area contributed by atoms with Crippen LogP contribution in [0.25, 0.3) is 11.5 Å². The Balaban J connectivity index is 2.07. The van der Waals surface area contributed by atoms with E-state index in [1.807, 2.05) is 12.1 Å². The van der Waals surface area contributed by atoms with E-state index in [0.29, 0.717) is 23.6 Å². The molecule has 0 atom stereocenters. The van der Waals surface area contributed by atoms with Crippen molar-refractivity contribution in [1.29, 1.82) is 0 Å². The maximum absolute atomic E-state index is 12.0. The predicted molar refractivity (Wildman–Crippen MR) is 81.5 cm³/mol. The molecule has 0 saturated heterocycles. The van der Waals surface area contributed by atoms with Gasteiger partial charge in [0.2, 0.25) is 0 Å². The summed E-state index contributed by atoms with van der Waals surface area (Å²) in [6.45, 7) is 2.75. The van der Waals surface area contributed by atoms with Gasteiger partial charge in [0, 0.05) is 18.9 Å². The van der Waals surface area contributed by atoms with Crippen molar-refractivity contribution in [2.75, 3.05) is 12.3 Å². The SMILES string of the molecule is CCCCCNC(=O)c1cnc(-c2ccccn2)nc1N. The molecule has 0 radical (unpaired) electrons. The molecule has 0 unspecified atom stereocenters. The zero-order valence-corrected chi connectivity index (χ0v) is 12.0. The maximum Gasteiger partial charge on any atom is 0.256 e. The van der Waals surface area contributed by atoms with E-state index in [4.69, 9.17) is 5.73 Å². The number of anilines is 1. The average Bonchev–Trinajstić information content (AvgIpc) is 2.52. The molecule has 0 spiro atoms. The molecule has 0 aliphatic carbocycles. The first kappa shape index (κ1) is 14.9. The standard InChI is InChI=1S/C15H19N5O/c1-2-3-5-9-18-15(21)11-10-19-14(20-13(11)16)12-7-4-6-8-17-12/h4,6-8,10H,2-3,5,9H2,1H3,(H,18,21)(H2,16,19,20). The van der Waals surface area contributed by atoms with Gasteiger partial charge < -0.3 is 11.1 Å². The van der Waals surface area contributed by atoms with Crippen LogP contribution in [0.3, 0.4) is 0 Å². The highest BCUT2D eigenvalue weighted by Gasteiger charge is 2.13. The molecule has 0 aliphatic heterocycles. The maximum atomic E-state index is 12.0. The number of nitrogens with one attached hydrogen (secondary N) is 1. The predicted octanol–water partition coefficient (Wildman–Crippen LogP) is 2.04. The number of nitrogen functional groups attached to an aromatic ring is 1. The van der Waals surface area contributed by atoms with Gasteiger partial charge >= 0.3 is 0 Å². The van der Waals surface area contributed by atoms with Gasteiger partial charge in [-0.05, 0) is 18.6 Å². The minimum atomic E-state index is -0.240. The Hall–Kier alpha value is -2.50. The summed E-state index contributed by atoms with van der Waals surface area (Å²) in [6.07, 6.45) is 6.25. The minimum absolute atomic E-state index is 0.165. The smallest absolute Gasteiger partial charge is 0.256 e. The molecule has 0 saturated carbocycles. The number of nitrogens with two attached hydrogens (primary N) is 1. The van der Waals surface area contributed by atoms with Crippen LogP contribution in [-0.4, -0.2) is 27.4 Å². The third-order valence-electron chi connectivity index (χ3n) is 3.02. The van der Waals surface area contributed by atoms with Crippen LogP contribution < -0.4 is 11.1 Å². The van der Waals surface area contributed by atoms with Crippen LogP contribution in [0.15, 0.2) is 30.6 Å². The van der Waals surface area contributed by atoms with Crippen LogP contribution in [0.2, 0.25) is 0 Å². The van der Waals surface area contributed by atoms with Crippen molar-refractivity contribution < 1.29 is 4.79 Å². The summed E-state index contributed by atoms with van der Waals surface area (Å²) in [5.41, 5.74) is 6.77. The van der Waals surface area contributed by atoms with Crippen LogP contribution >= 0.6 is 0 Å². The van der Waals surface area contributed by atoms with E-state index in [0.717, 1.165) is 19.3 Å². The summed E-state index contributed by atoms with van der Waals surface area (Å²) >= 11 is 0. The number of amides is 1. The van der Waals surface area contributed by atoms with Gasteiger partial charge in [-0.25, -0.2) is 9.97 Å². The summed E-state index contributed by atoms with van der Waals surface area (Å²) < 4.78 is 0. The lowest BCUT2D eigenvalue weighted by Gasteiger charge is -2.07. The average molecular weight is 285 g/mol. The third kappa shape index (κ3) is 3.98. The minimum Gasteiger partial charge on any atom is -0.383 e. The fourth-order valence-corrected chi connectivity index (χ4v) is 1.86. The number of hydrogen-bond acceptors (Lipinski definition) is 5. The number of hydrogen-bond donors (Lipinski definition) is 2. The normalized spacial score (nSPS) is 10.3. The van der Waals surface area contributed by atoms with Gasteiger partial charge in [-0.15, -0.1) is 0 Å². The molecule has 2 heterocycles. The van der Waals surface area contributed by atoms with Crippen LogP contribution in [0.1, 0.15) is 36.5 Å². The number of carbonyl (C=O) groups excluding carboxylic acids is 1. The Morgan fingerprint density at radius 2 is 2.14 bits per heavy atom. The topological polar surface area (TPSA) is 93.8 Å². The molecule has 6 nitrogen and oxygen atoms in total. The van der Waals surface area contributed by atoms with E-state index >= 15 is 0 Å². The van der Waals surface area contributed by atoms with Crippen LogP contribution in [0.4, 0.5) is 5.82 Å². The molecule has 6 heteroatoms. The van der Waals surface area contributed by atoms with Crippen molar-refractivity contribution in [3.8, 4) is 11.5 Å². The number of aromatic nitrogens is 3. The van der Waals surface area contributed by atoms with Gasteiger partial charge in [-0.2, -0.15) is 0 Å². The van der Waals surface area contributed by atoms with E-state index in [1.165, 1.54) is 6.20 Å². The largest absolute Gasteiger partial charge is 0.383 e. The first-order valence-electron chi connectivity index (χ1n) is 7.04. The highest BCUT2D eigenvalue weighted by atomic mass is 16.1. The fourth-order valence-electron chi connectivity index (χ4n) is 1.86. The van der Waals surface area contributed by atoms with E-state index < -0.39 is 0 Å². The van der Waals surface area contributed by atoms with Crippen LogP contribution in [-0.2, 0) is 0 Å². The zero-order chi connectivity index (χ0) is 15.1. The van der Waals surface area contributed by atoms with Gasteiger partial charge in [0.05, 0.1) is 5.56 Å². The Bertz CT molecular complexity index is 600.